The second kappa shape index (κ2) is 6.48. The maximum atomic E-state index is 11.0. The van der Waals surface area contributed by atoms with Crippen molar-refractivity contribution < 1.29 is 14.6 Å². The minimum absolute atomic E-state index is 0.203. The van der Waals surface area contributed by atoms with E-state index in [1.54, 1.807) is 12.3 Å². The summed E-state index contributed by atoms with van der Waals surface area (Å²) >= 11 is 6.00. The monoisotopic (exact) mass is 320 g/mol. The molecule has 1 saturated carbocycles. The molecule has 3 rings (SSSR count). The van der Waals surface area contributed by atoms with E-state index in [0.29, 0.717) is 36.4 Å². The molecular formula is C16H17ClN2O3. The zero-order valence-electron chi connectivity index (χ0n) is 12.0. The van der Waals surface area contributed by atoms with Crippen LogP contribution in [0.2, 0.25) is 5.15 Å². The van der Waals surface area contributed by atoms with Gasteiger partial charge in [-0.05, 0) is 43.7 Å². The lowest BCUT2D eigenvalue weighted by atomic mass is 9.82. The molecule has 1 aliphatic rings. The molecule has 22 heavy (non-hydrogen) atoms. The molecule has 0 bridgehead atoms. The Morgan fingerprint density at radius 3 is 2.86 bits per heavy atom. The van der Waals surface area contributed by atoms with Crippen LogP contribution in [0.25, 0.3) is 10.9 Å². The van der Waals surface area contributed by atoms with Gasteiger partial charge in [-0.15, -0.1) is 0 Å². The highest BCUT2D eigenvalue weighted by molar-refractivity contribution is 6.30. The Labute approximate surface area is 133 Å². The Bertz CT molecular complexity index is 684. The Balaban J connectivity index is 1.66. The fourth-order valence-corrected chi connectivity index (χ4v) is 3.08. The number of carboxylic acids is 1. The Hall–Kier alpha value is -1.88. The zero-order valence-corrected chi connectivity index (χ0v) is 12.8. The number of hydrogen-bond acceptors (Lipinski definition) is 4. The smallest absolute Gasteiger partial charge is 0.306 e. The zero-order chi connectivity index (χ0) is 15.5. The van der Waals surface area contributed by atoms with Crippen LogP contribution in [0.5, 0.6) is 5.88 Å². The summed E-state index contributed by atoms with van der Waals surface area (Å²) in [6.07, 6.45) is 4.88. The van der Waals surface area contributed by atoms with Crippen LogP contribution < -0.4 is 4.74 Å². The van der Waals surface area contributed by atoms with Crippen molar-refractivity contribution in [3.05, 3.63) is 29.5 Å². The first-order valence-corrected chi connectivity index (χ1v) is 7.78. The van der Waals surface area contributed by atoms with Crippen LogP contribution in [0, 0.1) is 11.8 Å². The minimum Gasteiger partial charge on any atom is -0.481 e. The lowest BCUT2D eigenvalue weighted by Gasteiger charge is -2.25. The highest BCUT2D eigenvalue weighted by Gasteiger charge is 2.26. The van der Waals surface area contributed by atoms with Gasteiger partial charge in [-0.2, -0.15) is 0 Å². The van der Waals surface area contributed by atoms with Gasteiger partial charge in [0.25, 0.3) is 0 Å². The molecular weight excluding hydrogens is 304 g/mol. The van der Waals surface area contributed by atoms with Crippen LogP contribution in [-0.2, 0) is 4.79 Å². The number of aromatic nitrogens is 2. The van der Waals surface area contributed by atoms with Crippen molar-refractivity contribution in [1.29, 1.82) is 0 Å². The van der Waals surface area contributed by atoms with Crippen molar-refractivity contribution in [2.45, 2.75) is 25.7 Å². The summed E-state index contributed by atoms with van der Waals surface area (Å²) in [5, 5.41) is 10.2. The molecule has 0 atom stereocenters. The molecule has 0 saturated heterocycles. The summed E-state index contributed by atoms with van der Waals surface area (Å²) in [5.74, 6) is -0.0300. The molecule has 2 aromatic heterocycles. The molecule has 0 unspecified atom stereocenters. The molecule has 0 amide bonds. The summed E-state index contributed by atoms with van der Waals surface area (Å²) < 4.78 is 5.85. The first-order chi connectivity index (χ1) is 10.6. The Morgan fingerprint density at radius 2 is 2.14 bits per heavy atom. The van der Waals surface area contributed by atoms with E-state index in [-0.39, 0.29) is 5.92 Å². The molecule has 1 aliphatic carbocycles. The number of hydrogen-bond donors (Lipinski definition) is 1. The van der Waals surface area contributed by atoms with E-state index in [1.165, 1.54) is 0 Å². The van der Waals surface area contributed by atoms with E-state index in [2.05, 4.69) is 9.97 Å². The Morgan fingerprint density at radius 1 is 1.36 bits per heavy atom. The van der Waals surface area contributed by atoms with Crippen molar-refractivity contribution in [2.24, 2.45) is 11.8 Å². The molecule has 6 heteroatoms. The third-order valence-corrected chi connectivity index (χ3v) is 4.38. The van der Waals surface area contributed by atoms with Crippen LogP contribution in [0.1, 0.15) is 25.7 Å². The van der Waals surface area contributed by atoms with E-state index in [0.717, 1.165) is 23.7 Å². The Kier molecular flexibility index (Phi) is 4.43. The average Bonchev–Trinajstić information content (AvgIpc) is 2.52. The number of ether oxygens (including phenoxy) is 1. The summed E-state index contributed by atoms with van der Waals surface area (Å²) in [4.78, 5) is 19.5. The van der Waals surface area contributed by atoms with Gasteiger partial charge >= 0.3 is 5.97 Å². The number of halogens is 1. The number of rotatable bonds is 4. The largest absolute Gasteiger partial charge is 0.481 e. The summed E-state index contributed by atoms with van der Waals surface area (Å²) in [6.45, 7) is 0.531. The maximum Gasteiger partial charge on any atom is 0.306 e. The maximum absolute atomic E-state index is 11.0. The topological polar surface area (TPSA) is 72.3 Å². The van der Waals surface area contributed by atoms with E-state index in [4.69, 9.17) is 21.4 Å². The van der Waals surface area contributed by atoms with Crippen LogP contribution in [0.4, 0.5) is 0 Å². The molecule has 1 N–H and O–H groups in total. The third kappa shape index (κ3) is 3.30. The van der Waals surface area contributed by atoms with Crippen LogP contribution >= 0.6 is 11.6 Å². The van der Waals surface area contributed by atoms with Crippen LogP contribution in [0.3, 0.4) is 0 Å². The molecule has 116 valence electrons. The van der Waals surface area contributed by atoms with Crippen molar-refractivity contribution in [3.8, 4) is 5.88 Å². The van der Waals surface area contributed by atoms with Gasteiger partial charge in [0.2, 0.25) is 5.88 Å². The first kappa shape index (κ1) is 15.0. The SMILES string of the molecule is O=C(O)C1CCC(COc2nc(Cl)cc3ncccc23)CC1. The first-order valence-electron chi connectivity index (χ1n) is 7.40. The van der Waals surface area contributed by atoms with E-state index in [1.807, 2.05) is 12.1 Å². The molecule has 5 nitrogen and oxygen atoms in total. The van der Waals surface area contributed by atoms with Gasteiger partial charge in [-0.3, -0.25) is 9.78 Å². The highest BCUT2D eigenvalue weighted by Crippen LogP contribution is 2.31. The molecule has 0 radical (unpaired) electrons. The van der Waals surface area contributed by atoms with E-state index >= 15 is 0 Å². The normalized spacial score (nSPS) is 21.7. The predicted molar refractivity (Wildman–Crippen MR) is 83.1 cm³/mol. The molecule has 1 fully saturated rings. The number of aliphatic carboxylic acids is 1. The minimum atomic E-state index is -0.687. The summed E-state index contributed by atoms with van der Waals surface area (Å²) in [5.41, 5.74) is 0.757. The third-order valence-electron chi connectivity index (χ3n) is 4.18. The van der Waals surface area contributed by atoms with E-state index < -0.39 is 5.97 Å². The van der Waals surface area contributed by atoms with Crippen LogP contribution in [-0.4, -0.2) is 27.7 Å². The highest BCUT2D eigenvalue weighted by atomic mass is 35.5. The van der Waals surface area contributed by atoms with Crippen molar-refractivity contribution in [1.82, 2.24) is 9.97 Å². The predicted octanol–water partition coefficient (Wildman–Crippen LogP) is 3.55. The number of carbonyl (C=O) groups is 1. The van der Waals surface area contributed by atoms with Crippen molar-refractivity contribution in [2.75, 3.05) is 6.61 Å². The van der Waals surface area contributed by atoms with E-state index in [9.17, 15) is 4.79 Å². The van der Waals surface area contributed by atoms with Crippen molar-refractivity contribution in [3.63, 3.8) is 0 Å². The number of carboxylic acid groups (broad SMARTS) is 1. The van der Waals surface area contributed by atoms with Gasteiger partial charge in [-0.1, -0.05) is 11.6 Å². The second-order valence-corrected chi connectivity index (χ2v) is 6.07. The fourth-order valence-electron chi connectivity index (χ4n) is 2.90. The average molecular weight is 321 g/mol. The summed E-state index contributed by atoms with van der Waals surface area (Å²) in [7, 11) is 0. The number of pyridine rings is 2. The lowest BCUT2D eigenvalue weighted by molar-refractivity contribution is -0.143. The molecule has 2 heterocycles. The standard InChI is InChI=1S/C16H17ClN2O3/c17-14-8-13-12(2-1-7-18-13)15(19-14)22-9-10-3-5-11(6-4-10)16(20)21/h1-2,7-8,10-11H,3-6,9H2,(H,20,21). The van der Waals surface area contributed by atoms with Gasteiger partial charge in [0.05, 0.1) is 23.4 Å². The number of fused-ring (bicyclic) bond motifs is 1. The fraction of sp³-hybridized carbons (Fsp3) is 0.438. The van der Waals surface area contributed by atoms with Gasteiger partial charge in [0, 0.05) is 12.3 Å². The number of nitrogens with zero attached hydrogens (tertiary/aromatic N) is 2. The van der Waals surface area contributed by atoms with Gasteiger partial charge < -0.3 is 9.84 Å². The summed E-state index contributed by atoms with van der Waals surface area (Å²) in [6, 6.07) is 5.45. The van der Waals surface area contributed by atoms with Crippen LogP contribution in [0.15, 0.2) is 24.4 Å². The van der Waals surface area contributed by atoms with Crippen molar-refractivity contribution >= 4 is 28.5 Å². The molecule has 0 aliphatic heterocycles. The van der Waals surface area contributed by atoms with Gasteiger partial charge in [0.1, 0.15) is 5.15 Å². The quantitative estimate of drug-likeness (QED) is 0.872. The molecule has 2 aromatic rings. The van der Waals surface area contributed by atoms with Gasteiger partial charge in [0.15, 0.2) is 0 Å². The lowest BCUT2D eigenvalue weighted by Crippen LogP contribution is -2.24. The second-order valence-electron chi connectivity index (χ2n) is 5.69. The molecule has 0 spiro atoms. The van der Waals surface area contributed by atoms with Gasteiger partial charge in [-0.25, -0.2) is 4.98 Å². The molecule has 0 aromatic carbocycles.